The van der Waals surface area contributed by atoms with Gasteiger partial charge in [-0.3, -0.25) is 19.7 Å². The highest BCUT2D eigenvalue weighted by molar-refractivity contribution is 5.80. The fourth-order valence-corrected chi connectivity index (χ4v) is 2.45. The largest absolute Gasteiger partial charge is 0.456 e. The molecule has 1 aliphatic rings. The third-order valence-electron chi connectivity index (χ3n) is 3.76. The van der Waals surface area contributed by atoms with Gasteiger partial charge < -0.3 is 15.4 Å². The SMILES string of the molecule is O=C(COC(=O)C[C@@H]1C=CCC1)NCCNc1ccc([N+](=O)[O-])cc1. The van der Waals surface area contributed by atoms with Crippen LogP contribution in [-0.4, -0.2) is 36.5 Å². The summed E-state index contributed by atoms with van der Waals surface area (Å²) in [5.41, 5.74) is 0.740. The van der Waals surface area contributed by atoms with Crippen molar-refractivity contribution in [2.45, 2.75) is 19.3 Å². The lowest BCUT2D eigenvalue weighted by Gasteiger charge is -2.09. The number of anilines is 1. The number of nitro groups is 1. The summed E-state index contributed by atoms with van der Waals surface area (Å²) in [6.45, 7) is 0.510. The molecule has 0 radical (unpaired) electrons. The molecular weight excluding hydrogens is 326 g/mol. The molecule has 8 nitrogen and oxygen atoms in total. The molecule has 8 heteroatoms. The lowest BCUT2D eigenvalue weighted by Crippen LogP contribution is -2.32. The molecule has 0 saturated carbocycles. The number of hydrogen-bond donors (Lipinski definition) is 2. The van der Waals surface area contributed by atoms with Crippen molar-refractivity contribution in [2.24, 2.45) is 5.92 Å². The maximum atomic E-state index is 11.6. The Hall–Kier alpha value is -2.90. The monoisotopic (exact) mass is 347 g/mol. The second-order valence-corrected chi connectivity index (χ2v) is 5.71. The molecule has 0 bridgehead atoms. The second kappa shape index (κ2) is 9.41. The molecule has 0 unspecified atom stereocenters. The van der Waals surface area contributed by atoms with Gasteiger partial charge in [0.15, 0.2) is 6.61 Å². The zero-order chi connectivity index (χ0) is 18.1. The maximum Gasteiger partial charge on any atom is 0.306 e. The second-order valence-electron chi connectivity index (χ2n) is 5.71. The molecular formula is C17H21N3O5. The van der Waals surface area contributed by atoms with Crippen molar-refractivity contribution in [2.75, 3.05) is 25.0 Å². The van der Waals surface area contributed by atoms with Crippen molar-refractivity contribution >= 4 is 23.3 Å². The lowest BCUT2D eigenvalue weighted by atomic mass is 10.1. The molecule has 1 aromatic rings. The van der Waals surface area contributed by atoms with Crippen LogP contribution in [0.2, 0.25) is 0 Å². The van der Waals surface area contributed by atoms with Crippen molar-refractivity contribution in [3.63, 3.8) is 0 Å². The topological polar surface area (TPSA) is 111 Å². The standard InChI is InChI=1S/C17H21N3O5/c21-16(12-25-17(22)11-13-3-1-2-4-13)19-10-9-18-14-5-7-15(8-6-14)20(23)24/h1,3,5-8,13,18H,2,4,9-12H2,(H,19,21)/t13-/m1/s1. The van der Waals surface area contributed by atoms with Gasteiger partial charge in [0.05, 0.1) is 11.3 Å². The van der Waals surface area contributed by atoms with Crippen LogP contribution in [0.15, 0.2) is 36.4 Å². The molecule has 25 heavy (non-hydrogen) atoms. The summed E-state index contributed by atoms with van der Waals surface area (Å²) < 4.78 is 4.95. The number of rotatable bonds is 9. The van der Waals surface area contributed by atoms with E-state index in [2.05, 4.69) is 10.6 Å². The molecule has 0 saturated heterocycles. The van der Waals surface area contributed by atoms with Crippen LogP contribution in [0.5, 0.6) is 0 Å². The first kappa shape index (κ1) is 18.4. The Morgan fingerprint density at radius 3 is 2.64 bits per heavy atom. The van der Waals surface area contributed by atoms with Crippen LogP contribution in [0.4, 0.5) is 11.4 Å². The van der Waals surface area contributed by atoms with Gasteiger partial charge in [0.25, 0.3) is 11.6 Å². The predicted octanol–water partition coefficient (Wildman–Crippen LogP) is 2.02. The minimum atomic E-state index is -0.464. The van der Waals surface area contributed by atoms with Gasteiger partial charge in [-0.2, -0.15) is 0 Å². The van der Waals surface area contributed by atoms with Crippen molar-refractivity contribution in [1.29, 1.82) is 0 Å². The number of benzene rings is 1. The van der Waals surface area contributed by atoms with Gasteiger partial charge in [-0.25, -0.2) is 0 Å². The highest BCUT2D eigenvalue weighted by Crippen LogP contribution is 2.20. The lowest BCUT2D eigenvalue weighted by molar-refractivity contribution is -0.384. The van der Waals surface area contributed by atoms with Crippen LogP contribution in [0.25, 0.3) is 0 Å². The normalized spacial score (nSPS) is 15.6. The maximum absolute atomic E-state index is 11.6. The molecule has 0 aliphatic heterocycles. The first-order valence-electron chi connectivity index (χ1n) is 8.12. The van der Waals surface area contributed by atoms with Gasteiger partial charge in [-0.05, 0) is 30.9 Å². The van der Waals surface area contributed by atoms with E-state index in [1.165, 1.54) is 12.1 Å². The minimum Gasteiger partial charge on any atom is -0.456 e. The molecule has 2 N–H and O–H groups in total. The molecule has 0 aromatic heterocycles. The molecule has 0 spiro atoms. The van der Waals surface area contributed by atoms with Crippen molar-refractivity contribution < 1.29 is 19.2 Å². The van der Waals surface area contributed by atoms with E-state index in [1.807, 2.05) is 12.2 Å². The van der Waals surface area contributed by atoms with E-state index in [4.69, 9.17) is 4.74 Å². The van der Waals surface area contributed by atoms with E-state index in [0.717, 1.165) is 18.5 Å². The first-order chi connectivity index (χ1) is 12.0. The Labute approximate surface area is 145 Å². The number of esters is 1. The number of carbonyl (C=O) groups is 2. The summed E-state index contributed by atoms with van der Waals surface area (Å²) in [6.07, 6.45) is 6.30. The third-order valence-corrected chi connectivity index (χ3v) is 3.76. The van der Waals surface area contributed by atoms with Crippen molar-refractivity contribution in [3.8, 4) is 0 Å². The molecule has 1 amide bonds. The summed E-state index contributed by atoms with van der Waals surface area (Å²) in [7, 11) is 0. The van der Waals surface area contributed by atoms with Crippen LogP contribution in [-0.2, 0) is 14.3 Å². The van der Waals surface area contributed by atoms with E-state index >= 15 is 0 Å². The summed E-state index contributed by atoms with van der Waals surface area (Å²) in [5.74, 6) is -0.502. The fraction of sp³-hybridized carbons (Fsp3) is 0.412. The number of nitrogens with one attached hydrogen (secondary N) is 2. The zero-order valence-corrected chi connectivity index (χ0v) is 13.8. The number of nitrogens with zero attached hydrogens (tertiary/aromatic N) is 1. The van der Waals surface area contributed by atoms with Gasteiger partial charge in [0, 0.05) is 30.9 Å². The molecule has 134 valence electrons. The number of hydrogen-bond acceptors (Lipinski definition) is 6. The predicted molar refractivity (Wildman–Crippen MR) is 92.0 cm³/mol. The summed E-state index contributed by atoms with van der Waals surface area (Å²) >= 11 is 0. The molecule has 0 heterocycles. The average molecular weight is 347 g/mol. The van der Waals surface area contributed by atoms with Crippen LogP contribution in [0, 0.1) is 16.0 Å². The van der Waals surface area contributed by atoms with Gasteiger partial charge in [-0.1, -0.05) is 12.2 Å². The highest BCUT2D eigenvalue weighted by Gasteiger charge is 2.15. The summed E-state index contributed by atoms with van der Waals surface area (Å²) in [4.78, 5) is 33.3. The Balaban J connectivity index is 1.56. The van der Waals surface area contributed by atoms with Crippen LogP contribution in [0.1, 0.15) is 19.3 Å². The molecule has 2 rings (SSSR count). The Kier molecular flexibility index (Phi) is 6.94. The number of amides is 1. The van der Waals surface area contributed by atoms with Crippen LogP contribution >= 0.6 is 0 Å². The Bertz CT molecular complexity index is 642. The van der Waals surface area contributed by atoms with E-state index in [1.54, 1.807) is 12.1 Å². The quantitative estimate of drug-likeness (QED) is 0.232. The summed E-state index contributed by atoms with van der Waals surface area (Å²) in [6, 6.07) is 6.00. The van der Waals surface area contributed by atoms with Gasteiger partial charge >= 0.3 is 5.97 Å². The number of non-ortho nitro benzene ring substituents is 1. The van der Waals surface area contributed by atoms with Crippen molar-refractivity contribution in [3.05, 3.63) is 46.5 Å². The van der Waals surface area contributed by atoms with Gasteiger partial charge in [0.1, 0.15) is 0 Å². The number of allylic oxidation sites excluding steroid dienone is 2. The average Bonchev–Trinajstić information content (AvgIpc) is 3.10. The van der Waals surface area contributed by atoms with E-state index < -0.39 is 4.92 Å². The number of nitro benzene ring substituents is 1. The molecule has 1 atom stereocenters. The van der Waals surface area contributed by atoms with Crippen LogP contribution < -0.4 is 10.6 Å². The first-order valence-corrected chi connectivity index (χ1v) is 8.12. The Morgan fingerprint density at radius 2 is 2.00 bits per heavy atom. The van der Waals surface area contributed by atoms with Gasteiger partial charge in [0.2, 0.25) is 0 Å². The fourth-order valence-electron chi connectivity index (χ4n) is 2.45. The van der Waals surface area contributed by atoms with Crippen molar-refractivity contribution in [1.82, 2.24) is 5.32 Å². The highest BCUT2D eigenvalue weighted by atomic mass is 16.6. The zero-order valence-electron chi connectivity index (χ0n) is 13.8. The van der Waals surface area contributed by atoms with E-state index in [-0.39, 0.29) is 30.1 Å². The van der Waals surface area contributed by atoms with E-state index in [9.17, 15) is 19.7 Å². The summed E-state index contributed by atoms with van der Waals surface area (Å²) in [5, 5.41) is 16.2. The molecule has 1 aromatic carbocycles. The van der Waals surface area contributed by atoms with Crippen LogP contribution in [0.3, 0.4) is 0 Å². The smallest absolute Gasteiger partial charge is 0.306 e. The van der Waals surface area contributed by atoms with Gasteiger partial charge in [-0.15, -0.1) is 0 Å². The third kappa shape index (κ3) is 6.62. The number of carbonyl (C=O) groups excluding carboxylic acids is 2. The molecule has 0 fully saturated rings. The Morgan fingerprint density at radius 1 is 1.24 bits per heavy atom. The number of ether oxygens (including phenoxy) is 1. The molecule has 1 aliphatic carbocycles. The van der Waals surface area contributed by atoms with E-state index in [0.29, 0.717) is 19.5 Å². The minimum absolute atomic E-state index is 0.0220.